The largest absolute Gasteiger partial charge is 0.453 e. The molecule has 2 aliphatic rings. The van der Waals surface area contributed by atoms with Crippen LogP contribution in [0.25, 0.3) is 0 Å². The Balaban J connectivity index is 2.17. The van der Waals surface area contributed by atoms with Crippen molar-refractivity contribution in [2.45, 2.75) is 24.9 Å². The van der Waals surface area contributed by atoms with Gasteiger partial charge in [0, 0.05) is 12.8 Å². The van der Waals surface area contributed by atoms with Crippen LogP contribution in [0.3, 0.4) is 0 Å². The van der Waals surface area contributed by atoms with Gasteiger partial charge in [-0.05, 0) is 0 Å². The molecule has 0 aliphatic carbocycles. The number of ether oxygens (including phenoxy) is 1. The van der Waals surface area contributed by atoms with Crippen LogP contribution in [0.1, 0.15) is 12.8 Å². The fourth-order valence-electron chi connectivity index (χ4n) is 1.95. The summed E-state index contributed by atoms with van der Waals surface area (Å²) >= 11 is 0. The summed E-state index contributed by atoms with van der Waals surface area (Å²) in [6.07, 6.45) is 4.34. The van der Waals surface area contributed by atoms with Crippen LogP contribution >= 0.6 is 0 Å². The van der Waals surface area contributed by atoms with Crippen molar-refractivity contribution in [3.63, 3.8) is 0 Å². The van der Waals surface area contributed by atoms with Crippen molar-refractivity contribution >= 4 is 11.9 Å². The lowest BCUT2D eigenvalue weighted by molar-refractivity contribution is -0.122. The average molecular weight is 181 g/mol. The summed E-state index contributed by atoms with van der Waals surface area (Å²) in [4.78, 5) is 24.1. The maximum Gasteiger partial charge on any atom is 0.410 e. The lowest BCUT2D eigenvalue weighted by Gasteiger charge is -2.32. The molecule has 0 saturated carbocycles. The molecule has 2 bridgehead atoms. The van der Waals surface area contributed by atoms with E-state index in [1.165, 1.54) is 7.11 Å². The van der Waals surface area contributed by atoms with Gasteiger partial charge in [0.25, 0.3) is 0 Å². The van der Waals surface area contributed by atoms with Crippen molar-refractivity contribution in [3.05, 3.63) is 12.2 Å². The van der Waals surface area contributed by atoms with Crippen molar-refractivity contribution < 1.29 is 14.3 Å². The second kappa shape index (κ2) is 2.87. The van der Waals surface area contributed by atoms with Crippen LogP contribution in [0.5, 0.6) is 0 Å². The van der Waals surface area contributed by atoms with E-state index < -0.39 is 0 Å². The van der Waals surface area contributed by atoms with Gasteiger partial charge in [-0.2, -0.15) is 0 Å². The lowest BCUT2D eigenvalue weighted by Crippen LogP contribution is -2.47. The molecule has 4 heteroatoms. The maximum absolute atomic E-state index is 11.3. The first-order valence-corrected chi connectivity index (χ1v) is 4.28. The van der Waals surface area contributed by atoms with Gasteiger partial charge in [-0.1, -0.05) is 12.2 Å². The molecular formula is C9H11NO3. The van der Waals surface area contributed by atoms with E-state index in [0.29, 0.717) is 12.8 Å². The molecule has 2 rings (SSSR count). The molecule has 1 saturated heterocycles. The molecule has 0 aromatic rings. The summed E-state index contributed by atoms with van der Waals surface area (Å²) in [7, 11) is 1.36. The van der Waals surface area contributed by atoms with Gasteiger partial charge in [0.2, 0.25) is 0 Å². The number of nitrogens with zero attached hydrogens (tertiary/aromatic N) is 1. The molecule has 2 unspecified atom stereocenters. The van der Waals surface area contributed by atoms with Crippen molar-refractivity contribution in [1.82, 2.24) is 4.90 Å². The third-order valence-corrected chi connectivity index (χ3v) is 2.53. The predicted octanol–water partition coefficient (Wildman–Crippen LogP) is 0.725. The Morgan fingerprint density at radius 1 is 1.46 bits per heavy atom. The monoisotopic (exact) mass is 181 g/mol. The molecule has 2 heterocycles. The molecule has 0 aromatic carbocycles. The highest BCUT2D eigenvalue weighted by Crippen LogP contribution is 2.28. The van der Waals surface area contributed by atoms with E-state index in [-0.39, 0.29) is 24.0 Å². The SMILES string of the molecule is COC(=O)N1C2C=CC1CC(=O)C2. The fourth-order valence-corrected chi connectivity index (χ4v) is 1.95. The van der Waals surface area contributed by atoms with Gasteiger partial charge in [0.15, 0.2) is 0 Å². The number of carbonyl (C=O) groups is 2. The van der Waals surface area contributed by atoms with E-state index in [0.717, 1.165) is 0 Å². The van der Waals surface area contributed by atoms with Gasteiger partial charge >= 0.3 is 6.09 Å². The minimum absolute atomic E-state index is 0.0706. The van der Waals surface area contributed by atoms with Crippen LogP contribution in [0.2, 0.25) is 0 Å². The first kappa shape index (κ1) is 8.29. The summed E-state index contributed by atoms with van der Waals surface area (Å²) in [6, 6.07) is -0.141. The highest BCUT2D eigenvalue weighted by atomic mass is 16.5. The van der Waals surface area contributed by atoms with E-state index in [1.807, 2.05) is 12.2 Å². The van der Waals surface area contributed by atoms with Crippen molar-refractivity contribution in [2.75, 3.05) is 7.11 Å². The molecule has 2 aliphatic heterocycles. The number of carbonyl (C=O) groups excluding carboxylic acids is 2. The van der Waals surface area contributed by atoms with Crippen molar-refractivity contribution in [3.8, 4) is 0 Å². The van der Waals surface area contributed by atoms with Gasteiger partial charge in [0.1, 0.15) is 5.78 Å². The Kier molecular flexibility index (Phi) is 1.83. The summed E-state index contributed by atoms with van der Waals surface area (Å²) in [6.45, 7) is 0. The van der Waals surface area contributed by atoms with Gasteiger partial charge in [-0.25, -0.2) is 4.79 Å². The van der Waals surface area contributed by atoms with Gasteiger partial charge in [0.05, 0.1) is 19.2 Å². The summed E-state index contributed by atoms with van der Waals surface area (Å²) in [5.74, 6) is 0.222. The van der Waals surface area contributed by atoms with E-state index in [4.69, 9.17) is 0 Å². The van der Waals surface area contributed by atoms with Crippen molar-refractivity contribution in [1.29, 1.82) is 0 Å². The predicted molar refractivity (Wildman–Crippen MR) is 45.2 cm³/mol. The third-order valence-electron chi connectivity index (χ3n) is 2.53. The molecule has 0 aromatic heterocycles. The Morgan fingerprint density at radius 2 is 2.00 bits per heavy atom. The van der Waals surface area contributed by atoms with Crippen LogP contribution in [0.15, 0.2) is 12.2 Å². The van der Waals surface area contributed by atoms with Gasteiger partial charge < -0.3 is 4.74 Å². The highest BCUT2D eigenvalue weighted by molar-refractivity contribution is 5.84. The quantitative estimate of drug-likeness (QED) is 0.517. The van der Waals surface area contributed by atoms with Gasteiger partial charge in [-0.3, -0.25) is 9.69 Å². The molecule has 2 atom stereocenters. The smallest absolute Gasteiger partial charge is 0.410 e. The number of hydrogen-bond donors (Lipinski definition) is 0. The van der Waals surface area contributed by atoms with E-state index in [9.17, 15) is 9.59 Å². The molecule has 0 radical (unpaired) electrons. The van der Waals surface area contributed by atoms with E-state index in [2.05, 4.69) is 4.74 Å². The minimum atomic E-state index is -0.340. The van der Waals surface area contributed by atoms with Gasteiger partial charge in [-0.15, -0.1) is 0 Å². The second-order valence-electron chi connectivity index (χ2n) is 3.34. The molecule has 4 nitrogen and oxygen atoms in total. The molecule has 70 valence electrons. The number of hydrogen-bond acceptors (Lipinski definition) is 3. The topological polar surface area (TPSA) is 46.6 Å². The number of Topliss-reactive ketones (excluding diaryl/α,β-unsaturated/α-hetero) is 1. The van der Waals surface area contributed by atoms with Crippen LogP contribution in [0, 0.1) is 0 Å². The van der Waals surface area contributed by atoms with Crippen LogP contribution in [0.4, 0.5) is 4.79 Å². The Bertz CT molecular complexity index is 267. The van der Waals surface area contributed by atoms with E-state index >= 15 is 0 Å². The molecule has 0 spiro atoms. The molecule has 1 fully saturated rings. The third kappa shape index (κ3) is 1.22. The van der Waals surface area contributed by atoms with E-state index in [1.54, 1.807) is 4.90 Å². The summed E-state index contributed by atoms with van der Waals surface area (Å²) in [5.41, 5.74) is 0. The highest BCUT2D eigenvalue weighted by Gasteiger charge is 2.39. The Labute approximate surface area is 76.2 Å². The molecule has 13 heavy (non-hydrogen) atoms. The molecule has 1 amide bonds. The number of rotatable bonds is 0. The van der Waals surface area contributed by atoms with Crippen molar-refractivity contribution in [2.24, 2.45) is 0 Å². The standard InChI is InChI=1S/C9H11NO3/c1-13-9(12)10-6-2-3-7(10)5-8(11)4-6/h2-3,6-7H,4-5H2,1H3. The number of methoxy groups -OCH3 is 1. The zero-order valence-electron chi connectivity index (χ0n) is 7.40. The number of fused-ring (bicyclic) bond motifs is 2. The number of ketones is 1. The lowest BCUT2D eigenvalue weighted by atomic mass is 10.0. The summed E-state index contributed by atoms with van der Waals surface area (Å²) in [5, 5.41) is 0. The second-order valence-corrected chi connectivity index (χ2v) is 3.34. The Hall–Kier alpha value is -1.32. The number of piperidine rings is 1. The zero-order chi connectivity index (χ0) is 9.42. The van der Waals surface area contributed by atoms with Crippen LogP contribution in [-0.4, -0.2) is 36.0 Å². The fraction of sp³-hybridized carbons (Fsp3) is 0.556. The first-order valence-electron chi connectivity index (χ1n) is 4.28. The zero-order valence-corrected chi connectivity index (χ0v) is 7.40. The maximum atomic E-state index is 11.3. The minimum Gasteiger partial charge on any atom is -0.453 e. The van der Waals surface area contributed by atoms with Crippen LogP contribution < -0.4 is 0 Å². The summed E-state index contributed by atoms with van der Waals surface area (Å²) < 4.78 is 4.64. The first-order chi connectivity index (χ1) is 6.22. The Morgan fingerprint density at radius 3 is 2.46 bits per heavy atom. The van der Waals surface area contributed by atoms with Crippen LogP contribution in [-0.2, 0) is 9.53 Å². The molecule has 0 N–H and O–H groups in total. The normalized spacial score (nSPS) is 30.8. The number of amides is 1. The average Bonchev–Trinajstić information content (AvgIpc) is 2.37. The molecular weight excluding hydrogens is 170 g/mol.